The Morgan fingerprint density at radius 3 is 2.65 bits per heavy atom. The molecule has 0 aliphatic rings. The van der Waals surface area contributed by atoms with Crippen molar-refractivity contribution in [3.63, 3.8) is 0 Å². The second kappa shape index (κ2) is 6.91. The maximum atomic E-state index is 9.26. The summed E-state index contributed by atoms with van der Waals surface area (Å²) in [5.74, 6) is 0.942. The molecule has 0 aliphatic carbocycles. The van der Waals surface area contributed by atoms with Gasteiger partial charge in [0.05, 0.1) is 30.3 Å². The summed E-state index contributed by atoms with van der Waals surface area (Å²) in [6, 6.07) is 24.7. The summed E-state index contributed by atoms with van der Waals surface area (Å²) >= 11 is 0. The summed E-state index contributed by atoms with van der Waals surface area (Å²) < 4.78 is 2.17. The Morgan fingerprint density at radius 2 is 1.81 bits per heavy atom. The summed E-state index contributed by atoms with van der Waals surface area (Å²) in [4.78, 5) is 0. The van der Waals surface area contributed by atoms with Crippen molar-refractivity contribution in [1.29, 1.82) is 5.26 Å². The smallest absolute Gasteiger partial charge is 0.107 e. The Kier molecular flexibility index (Phi) is 4.30. The van der Waals surface area contributed by atoms with Crippen LogP contribution in [-0.2, 0) is 6.54 Å². The number of aromatic nitrogens is 1. The van der Waals surface area contributed by atoms with Crippen molar-refractivity contribution in [2.45, 2.75) is 6.54 Å². The van der Waals surface area contributed by atoms with Gasteiger partial charge in [-0.1, -0.05) is 48.5 Å². The quantitative estimate of drug-likeness (QED) is 0.574. The molecule has 0 bridgehead atoms. The summed E-state index contributed by atoms with van der Waals surface area (Å²) in [6.45, 7) is 1.24. The Bertz CT molecular complexity index is 1120. The zero-order valence-electron chi connectivity index (χ0n) is 14.3. The zero-order valence-corrected chi connectivity index (χ0v) is 14.3. The van der Waals surface area contributed by atoms with Crippen LogP contribution in [0.5, 0.6) is 0 Å². The van der Waals surface area contributed by atoms with E-state index in [1.54, 1.807) is 0 Å². The van der Waals surface area contributed by atoms with Gasteiger partial charge in [-0.25, -0.2) is 0 Å². The van der Waals surface area contributed by atoms with Gasteiger partial charge in [0.1, 0.15) is 5.82 Å². The summed E-state index contributed by atoms with van der Waals surface area (Å²) in [5.41, 5.74) is 2.87. The van der Waals surface area contributed by atoms with E-state index >= 15 is 0 Å². The first-order valence-electron chi connectivity index (χ1n) is 8.65. The number of nitrogens with one attached hydrogen (secondary N) is 1. The predicted molar refractivity (Wildman–Crippen MR) is 105 cm³/mol. The van der Waals surface area contributed by atoms with E-state index in [0.717, 1.165) is 16.7 Å². The molecule has 0 amide bonds. The molecule has 0 aliphatic heterocycles. The molecule has 0 fully saturated rings. The van der Waals surface area contributed by atoms with Gasteiger partial charge in [-0.05, 0) is 34.5 Å². The fraction of sp³-hybridized carbons (Fsp3) is 0.136. The highest BCUT2D eigenvalue weighted by molar-refractivity contribution is 5.88. The topological polar surface area (TPSA) is 61.0 Å². The maximum absolute atomic E-state index is 9.26. The molecule has 26 heavy (non-hydrogen) atoms. The molecule has 3 aromatic carbocycles. The minimum atomic E-state index is 0.0687. The number of aliphatic hydroxyl groups excluding tert-OH is 1. The average Bonchev–Trinajstić information content (AvgIpc) is 3.03. The highest BCUT2D eigenvalue weighted by Gasteiger charge is 2.11. The van der Waals surface area contributed by atoms with Crippen molar-refractivity contribution in [3.8, 4) is 6.07 Å². The van der Waals surface area contributed by atoms with Crippen LogP contribution in [0.25, 0.3) is 21.7 Å². The average molecular weight is 341 g/mol. The van der Waals surface area contributed by atoms with Crippen LogP contribution >= 0.6 is 0 Å². The van der Waals surface area contributed by atoms with E-state index in [9.17, 15) is 10.4 Å². The molecule has 0 unspecified atom stereocenters. The monoisotopic (exact) mass is 341 g/mol. The third-order valence-corrected chi connectivity index (χ3v) is 4.66. The molecule has 1 heterocycles. The molecule has 128 valence electrons. The number of fused-ring (bicyclic) bond motifs is 2. The van der Waals surface area contributed by atoms with Crippen LogP contribution in [0.1, 0.15) is 11.1 Å². The first-order valence-corrected chi connectivity index (χ1v) is 8.65. The summed E-state index contributed by atoms with van der Waals surface area (Å²) in [7, 11) is 0. The number of nitrogens with zero attached hydrogens (tertiary/aromatic N) is 2. The first-order chi connectivity index (χ1) is 12.8. The molecular formula is C22H19N3O. The maximum Gasteiger partial charge on any atom is 0.107 e. The van der Waals surface area contributed by atoms with Gasteiger partial charge in [-0.2, -0.15) is 5.26 Å². The summed E-state index contributed by atoms with van der Waals surface area (Å²) in [6.07, 6.45) is 0. The van der Waals surface area contributed by atoms with Crippen LogP contribution < -0.4 is 5.32 Å². The number of aliphatic hydroxyl groups is 1. The molecule has 0 radical (unpaired) electrons. The van der Waals surface area contributed by atoms with E-state index < -0.39 is 0 Å². The van der Waals surface area contributed by atoms with Crippen molar-refractivity contribution in [1.82, 2.24) is 4.57 Å². The van der Waals surface area contributed by atoms with Crippen LogP contribution in [-0.4, -0.2) is 22.8 Å². The number of benzene rings is 3. The largest absolute Gasteiger partial charge is 0.395 e. The first kappa shape index (κ1) is 16.2. The lowest BCUT2D eigenvalue weighted by Gasteiger charge is -2.14. The molecule has 0 saturated carbocycles. The second-order valence-corrected chi connectivity index (χ2v) is 6.29. The SMILES string of the molecule is N#Cc1ccc2cc(NCCO)n(Cc3cccc4ccccc34)c2c1. The van der Waals surface area contributed by atoms with Crippen molar-refractivity contribution >= 4 is 27.5 Å². The lowest BCUT2D eigenvalue weighted by Crippen LogP contribution is -2.11. The normalized spacial score (nSPS) is 10.9. The van der Waals surface area contributed by atoms with E-state index in [0.29, 0.717) is 18.7 Å². The third-order valence-electron chi connectivity index (χ3n) is 4.66. The van der Waals surface area contributed by atoms with Gasteiger partial charge < -0.3 is 15.0 Å². The number of nitriles is 1. The molecular weight excluding hydrogens is 322 g/mol. The van der Waals surface area contributed by atoms with Crippen molar-refractivity contribution in [3.05, 3.63) is 77.9 Å². The molecule has 0 saturated heterocycles. The van der Waals surface area contributed by atoms with Gasteiger partial charge in [0.15, 0.2) is 0 Å². The van der Waals surface area contributed by atoms with E-state index in [2.05, 4.69) is 58.4 Å². The molecule has 4 rings (SSSR count). The minimum Gasteiger partial charge on any atom is -0.395 e. The highest BCUT2D eigenvalue weighted by atomic mass is 16.3. The van der Waals surface area contributed by atoms with Crippen LogP contribution in [0.2, 0.25) is 0 Å². The second-order valence-electron chi connectivity index (χ2n) is 6.29. The lowest BCUT2D eigenvalue weighted by molar-refractivity contribution is 0.311. The Morgan fingerprint density at radius 1 is 0.962 bits per heavy atom. The van der Waals surface area contributed by atoms with Crippen molar-refractivity contribution < 1.29 is 5.11 Å². The number of rotatable bonds is 5. The fourth-order valence-corrected chi connectivity index (χ4v) is 3.43. The number of anilines is 1. The number of hydrogen-bond donors (Lipinski definition) is 2. The standard InChI is InChI=1S/C22H19N3O/c23-14-16-8-9-18-13-22(24-10-11-26)25(21(18)12-16)15-19-6-3-5-17-4-1-2-7-20(17)19/h1-9,12-13,24,26H,10-11,15H2. The van der Waals surface area contributed by atoms with E-state index in [4.69, 9.17) is 0 Å². The minimum absolute atomic E-state index is 0.0687. The van der Waals surface area contributed by atoms with Crippen molar-refractivity contribution in [2.75, 3.05) is 18.5 Å². The van der Waals surface area contributed by atoms with Gasteiger partial charge >= 0.3 is 0 Å². The van der Waals surface area contributed by atoms with Gasteiger partial charge in [0, 0.05) is 11.9 Å². The van der Waals surface area contributed by atoms with E-state index in [1.807, 2.05) is 24.3 Å². The zero-order chi connectivity index (χ0) is 17.9. The number of hydrogen-bond acceptors (Lipinski definition) is 3. The Balaban J connectivity index is 1.86. The molecule has 4 nitrogen and oxygen atoms in total. The van der Waals surface area contributed by atoms with Crippen LogP contribution in [0.15, 0.2) is 66.7 Å². The van der Waals surface area contributed by atoms with E-state index in [1.165, 1.54) is 16.3 Å². The highest BCUT2D eigenvalue weighted by Crippen LogP contribution is 2.28. The third kappa shape index (κ3) is 2.90. The fourth-order valence-electron chi connectivity index (χ4n) is 3.43. The summed E-state index contributed by atoms with van der Waals surface area (Å²) in [5, 5.41) is 25.2. The van der Waals surface area contributed by atoms with Gasteiger partial charge in [-0.3, -0.25) is 0 Å². The predicted octanol–water partition coefficient (Wildman–Crippen LogP) is 4.12. The molecule has 2 N–H and O–H groups in total. The molecule has 1 aromatic heterocycles. The Hall–Kier alpha value is -3.29. The van der Waals surface area contributed by atoms with Gasteiger partial charge in [0.2, 0.25) is 0 Å². The lowest BCUT2D eigenvalue weighted by atomic mass is 10.0. The van der Waals surface area contributed by atoms with Crippen LogP contribution in [0.4, 0.5) is 5.82 Å². The van der Waals surface area contributed by atoms with E-state index in [-0.39, 0.29) is 6.61 Å². The van der Waals surface area contributed by atoms with Gasteiger partial charge in [-0.15, -0.1) is 0 Å². The van der Waals surface area contributed by atoms with Crippen LogP contribution in [0.3, 0.4) is 0 Å². The molecule has 0 spiro atoms. The van der Waals surface area contributed by atoms with Gasteiger partial charge in [0.25, 0.3) is 0 Å². The van der Waals surface area contributed by atoms with Crippen LogP contribution in [0, 0.1) is 11.3 Å². The molecule has 0 atom stereocenters. The van der Waals surface area contributed by atoms with Crippen molar-refractivity contribution in [2.24, 2.45) is 0 Å². The Labute approximate surface area is 151 Å². The molecule has 4 aromatic rings. The molecule has 4 heteroatoms.